The summed E-state index contributed by atoms with van der Waals surface area (Å²) >= 11 is 0. The van der Waals surface area contributed by atoms with Gasteiger partial charge in [-0.3, -0.25) is 9.78 Å². The second-order valence-corrected chi connectivity index (χ2v) is 9.90. The molecule has 4 aromatic rings. The Morgan fingerprint density at radius 1 is 0.912 bits per heavy atom. The van der Waals surface area contributed by atoms with Gasteiger partial charge in [0.15, 0.2) is 0 Å². The highest BCUT2D eigenvalue weighted by Gasteiger charge is 2.31. The Kier molecular flexibility index (Phi) is 5.80. The SMILES string of the molecule is O=C(c1cc(-c2ccc(F)cc2)nc2ccccc12)N1CCN(S(=O)(=O)c2cccnc2)CC1. The molecule has 1 saturated heterocycles. The number of halogens is 1. The second kappa shape index (κ2) is 8.92. The standard InChI is InChI=1S/C25H21FN4O3S/c26-19-9-7-18(8-10-19)24-16-22(21-5-1-2-6-23(21)28-24)25(31)29-12-14-30(15-13-29)34(32,33)20-4-3-11-27-17-20/h1-11,16-17H,12-15H2. The van der Waals surface area contributed by atoms with Crippen LogP contribution in [0.5, 0.6) is 0 Å². The van der Waals surface area contributed by atoms with Crippen molar-refractivity contribution >= 4 is 26.8 Å². The molecule has 2 aromatic heterocycles. The summed E-state index contributed by atoms with van der Waals surface area (Å²) < 4.78 is 40.5. The maximum Gasteiger partial charge on any atom is 0.254 e. The predicted octanol–water partition coefficient (Wildman–Crippen LogP) is 3.58. The minimum atomic E-state index is -3.66. The van der Waals surface area contributed by atoms with Crippen molar-refractivity contribution in [3.8, 4) is 11.3 Å². The van der Waals surface area contributed by atoms with Crippen LogP contribution in [0.2, 0.25) is 0 Å². The van der Waals surface area contributed by atoms with Crippen LogP contribution in [0.1, 0.15) is 10.4 Å². The minimum absolute atomic E-state index is 0.138. The minimum Gasteiger partial charge on any atom is -0.336 e. The molecule has 1 aliphatic rings. The van der Waals surface area contributed by atoms with Gasteiger partial charge in [-0.25, -0.2) is 17.8 Å². The van der Waals surface area contributed by atoms with E-state index in [9.17, 15) is 17.6 Å². The van der Waals surface area contributed by atoms with E-state index in [1.54, 1.807) is 29.2 Å². The van der Waals surface area contributed by atoms with Crippen LogP contribution in [0.25, 0.3) is 22.2 Å². The lowest BCUT2D eigenvalue weighted by Gasteiger charge is -2.34. The number of carbonyl (C=O) groups excluding carboxylic acids is 1. The first-order valence-electron chi connectivity index (χ1n) is 10.8. The van der Waals surface area contributed by atoms with Crippen molar-refractivity contribution in [2.24, 2.45) is 0 Å². The molecule has 1 amide bonds. The summed E-state index contributed by atoms with van der Waals surface area (Å²) in [7, 11) is -3.66. The zero-order chi connectivity index (χ0) is 23.7. The molecule has 5 rings (SSSR count). The molecule has 2 aromatic carbocycles. The van der Waals surface area contributed by atoms with Crippen LogP contribution in [0.4, 0.5) is 4.39 Å². The van der Waals surface area contributed by atoms with Gasteiger partial charge in [-0.2, -0.15) is 4.31 Å². The molecule has 0 saturated carbocycles. The quantitative estimate of drug-likeness (QED) is 0.450. The topological polar surface area (TPSA) is 83.5 Å². The van der Waals surface area contributed by atoms with E-state index in [4.69, 9.17) is 0 Å². The summed E-state index contributed by atoms with van der Waals surface area (Å²) in [4.78, 5) is 23.9. The molecule has 0 unspecified atom stereocenters. The largest absolute Gasteiger partial charge is 0.336 e. The molecule has 3 heterocycles. The molecule has 172 valence electrons. The monoisotopic (exact) mass is 476 g/mol. The normalized spacial score (nSPS) is 14.9. The Labute approximate surface area is 196 Å². The molecular formula is C25H21FN4O3S. The van der Waals surface area contributed by atoms with Crippen molar-refractivity contribution in [1.29, 1.82) is 0 Å². The van der Waals surface area contributed by atoms with Crippen molar-refractivity contribution in [3.05, 3.63) is 90.5 Å². The van der Waals surface area contributed by atoms with Gasteiger partial charge >= 0.3 is 0 Å². The van der Waals surface area contributed by atoms with Gasteiger partial charge in [-0.15, -0.1) is 0 Å². The first-order valence-corrected chi connectivity index (χ1v) is 12.2. The van der Waals surface area contributed by atoms with E-state index < -0.39 is 10.0 Å². The maximum atomic E-state index is 13.5. The Hall–Kier alpha value is -3.69. The Balaban J connectivity index is 1.42. The van der Waals surface area contributed by atoms with Crippen LogP contribution < -0.4 is 0 Å². The van der Waals surface area contributed by atoms with Crippen molar-refractivity contribution in [2.75, 3.05) is 26.2 Å². The van der Waals surface area contributed by atoms with E-state index in [2.05, 4.69) is 9.97 Å². The van der Waals surface area contributed by atoms with E-state index in [0.29, 0.717) is 27.7 Å². The third kappa shape index (κ3) is 4.15. The molecule has 1 fully saturated rings. The van der Waals surface area contributed by atoms with Crippen LogP contribution in [-0.4, -0.2) is 59.7 Å². The van der Waals surface area contributed by atoms with Gasteiger partial charge in [0.1, 0.15) is 10.7 Å². The van der Waals surface area contributed by atoms with E-state index in [1.165, 1.54) is 34.9 Å². The number of fused-ring (bicyclic) bond motifs is 1. The number of aromatic nitrogens is 2. The summed E-state index contributed by atoms with van der Waals surface area (Å²) in [5.41, 5.74) is 2.41. The molecule has 34 heavy (non-hydrogen) atoms. The molecule has 0 spiro atoms. The summed E-state index contributed by atoms with van der Waals surface area (Å²) in [5.74, 6) is -0.541. The lowest BCUT2D eigenvalue weighted by molar-refractivity contribution is 0.0700. The summed E-state index contributed by atoms with van der Waals surface area (Å²) in [5, 5.41) is 0.712. The number of rotatable bonds is 4. The predicted molar refractivity (Wildman–Crippen MR) is 126 cm³/mol. The number of amides is 1. The molecular weight excluding hydrogens is 455 g/mol. The summed E-state index contributed by atoms with van der Waals surface area (Å²) in [6.07, 6.45) is 2.85. The number of piperazine rings is 1. The third-order valence-electron chi connectivity index (χ3n) is 5.88. The number of sulfonamides is 1. The zero-order valence-corrected chi connectivity index (χ0v) is 19.0. The molecule has 0 aliphatic carbocycles. The first kappa shape index (κ1) is 22.1. The van der Waals surface area contributed by atoms with E-state index in [-0.39, 0.29) is 42.8 Å². The second-order valence-electron chi connectivity index (χ2n) is 7.96. The fraction of sp³-hybridized carbons (Fsp3) is 0.160. The molecule has 0 radical (unpaired) electrons. The van der Waals surface area contributed by atoms with Gasteiger partial charge in [0.25, 0.3) is 5.91 Å². The van der Waals surface area contributed by atoms with Crippen molar-refractivity contribution in [3.63, 3.8) is 0 Å². The van der Waals surface area contributed by atoms with Gasteiger partial charge in [-0.1, -0.05) is 18.2 Å². The number of benzene rings is 2. The average Bonchev–Trinajstić information content (AvgIpc) is 2.88. The number of carbonyl (C=O) groups is 1. The highest BCUT2D eigenvalue weighted by Crippen LogP contribution is 2.27. The summed E-state index contributed by atoms with van der Waals surface area (Å²) in [6, 6.07) is 18.1. The van der Waals surface area contributed by atoms with Gasteiger partial charge in [-0.05, 0) is 48.5 Å². The highest BCUT2D eigenvalue weighted by atomic mass is 32.2. The average molecular weight is 477 g/mol. The van der Waals surface area contributed by atoms with Crippen molar-refractivity contribution in [1.82, 2.24) is 19.2 Å². The third-order valence-corrected chi connectivity index (χ3v) is 7.77. The van der Waals surface area contributed by atoms with Gasteiger partial charge in [0.05, 0.1) is 16.8 Å². The smallest absolute Gasteiger partial charge is 0.254 e. The number of hydrogen-bond donors (Lipinski definition) is 0. The fourth-order valence-electron chi connectivity index (χ4n) is 4.07. The van der Waals surface area contributed by atoms with Gasteiger partial charge < -0.3 is 4.90 Å². The summed E-state index contributed by atoms with van der Waals surface area (Å²) in [6.45, 7) is 0.912. The van der Waals surface area contributed by atoms with Crippen molar-refractivity contribution in [2.45, 2.75) is 4.90 Å². The number of hydrogen-bond acceptors (Lipinski definition) is 5. The number of pyridine rings is 2. The molecule has 1 aliphatic heterocycles. The van der Waals surface area contributed by atoms with Crippen LogP contribution in [0.15, 0.2) is 84.0 Å². The fourth-order valence-corrected chi connectivity index (χ4v) is 5.46. The lowest BCUT2D eigenvalue weighted by atomic mass is 10.0. The van der Waals surface area contributed by atoms with Gasteiger partial charge in [0.2, 0.25) is 10.0 Å². The van der Waals surface area contributed by atoms with Gasteiger partial charge in [0, 0.05) is 49.5 Å². The van der Waals surface area contributed by atoms with Crippen LogP contribution in [-0.2, 0) is 10.0 Å². The van der Waals surface area contributed by atoms with E-state index in [1.807, 2.05) is 24.3 Å². The molecule has 0 N–H and O–H groups in total. The van der Waals surface area contributed by atoms with E-state index >= 15 is 0 Å². The van der Waals surface area contributed by atoms with E-state index in [0.717, 1.165) is 0 Å². The molecule has 0 bridgehead atoms. The zero-order valence-electron chi connectivity index (χ0n) is 18.1. The van der Waals surface area contributed by atoms with Crippen LogP contribution in [0.3, 0.4) is 0 Å². The lowest BCUT2D eigenvalue weighted by Crippen LogP contribution is -2.50. The highest BCUT2D eigenvalue weighted by molar-refractivity contribution is 7.89. The van der Waals surface area contributed by atoms with Crippen LogP contribution in [0, 0.1) is 5.82 Å². The molecule has 0 atom stereocenters. The maximum absolute atomic E-state index is 13.5. The number of para-hydroxylation sites is 1. The Morgan fingerprint density at radius 3 is 2.35 bits per heavy atom. The van der Waals surface area contributed by atoms with Crippen molar-refractivity contribution < 1.29 is 17.6 Å². The number of nitrogens with zero attached hydrogens (tertiary/aromatic N) is 4. The molecule has 9 heteroatoms. The Bertz CT molecular complexity index is 1450. The first-order chi connectivity index (χ1) is 16.4. The Morgan fingerprint density at radius 2 is 1.65 bits per heavy atom. The van der Waals surface area contributed by atoms with Crippen LogP contribution >= 0.6 is 0 Å². The molecule has 7 nitrogen and oxygen atoms in total.